The van der Waals surface area contributed by atoms with Gasteiger partial charge >= 0.3 is 7.82 Å². The van der Waals surface area contributed by atoms with Crippen LogP contribution in [0, 0.1) is 0 Å². The maximum Gasteiger partial charge on any atom is 0.472 e. The molecule has 0 rings (SSSR count). The van der Waals surface area contributed by atoms with Crippen molar-refractivity contribution >= 4 is 13.7 Å². The normalized spacial score (nSPS) is 15.1. The quantitative estimate of drug-likeness (QED) is 0.0239. The Balaban J connectivity index is 4.21. The lowest BCUT2D eigenvalue weighted by molar-refractivity contribution is -0.124. The third kappa shape index (κ3) is 34.0. The van der Waals surface area contributed by atoms with E-state index in [2.05, 4.69) is 31.3 Å². The molecule has 4 atom stereocenters. The molecule has 0 aromatic carbocycles. The average molecular weight is 731 g/mol. The van der Waals surface area contributed by atoms with Crippen molar-refractivity contribution in [1.82, 2.24) is 5.32 Å². The highest BCUT2D eigenvalue weighted by Gasteiger charge is 2.27. The van der Waals surface area contributed by atoms with E-state index in [1.165, 1.54) is 122 Å². The van der Waals surface area contributed by atoms with Crippen LogP contribution in [0.15, 0.2) is 24.3 Å². The molecule has 0 radical (unpaired) electrons. The van der Waals surface area contributed by atoms with Crippen molar-refractivity contribution in [3.8, 4) is 0 Å². The number of phosphoric ester groups is 1. The monoisotopic (exact) mass is 731 g/mol. The number of hydrogen-bond acceptors (Lipinski definition) is 7. The van der Waals surface area contributed by atoms with Gasteiger partial charge in [-0.25, -0.2) is 4.57 Å². The van der Waals surface area contributed by atoms with Crippen molar-refractivity contribution in [3.05, 3.63) is 24.3 Å². The number of nitrogens with two attached hydrogens (primary N) is 1. The van der Waals surface area contributed by atoms with Gasteiger partial charge in [0.15, 0.2) is 0 Å². The van der Waals surface area contributed by atoms with Gasteiger partial charge in [0.1, 0.15) is 0 Å². The van der Waals surface area contributed by atoms with Gasteiger partial charge < -0.3 is 26.2 Å². The second kappa shape index (κ2) is 36.3. The number of rotatable bonds is 38. The molecule has 0 heterocycles. The molecule has 0 spiro atoms. The van der Waals surface area contributed by atoms with Crippen molar-refractivity contribution in [1.29, 1.82) is 0 Å². The fourth-order valence-corrected chi connectivity index (χ4v) is 6.72. The maximum atomic E-state index is 12.7. The zero-order valence-corrected chi connectivity index (χ0v) is 33.1. The lowest BCUT2D eigenvalue weighted by Crippen LogP contribution is -2.46. The molecule has 0 aliphatic heterocycles. The third-order valence-electron chi connectivity index (χ3n) is 9.08. The molecule has 296 valence electrons. The molecule has 0 saturated heterocycles. The summed E-state index contributed by atoms with van der Waals surface area (Å²) >= 11 is 0. The van der Waals surface area contributed by atoms with Crippen LogP contribution < -0.4 is 11.1 Å². The van der Waals surface area contributed by atoms with Crippen molar-refractivity contribution in [3.63, 3.8) is 0 Å². The minimum Gasteiger partial charge on any atom is -0.393 e. The van der Waals surface area contributed by atoms with Crippen LogP contribution in [-0.2, 0) is 18.4 Å². The van der Waals surface area contributed by atoms with Gasteiger partial charge in [-0.3, -0.25) is 13.8 Å². The summed E-state index contributed by atoms with van der Waals surface area (Å²) in [4.78, 5) is 22.6. The van der Waals surface area contributed by atoms with E-state index in [1.54, 1.807) is 6.08 Å². The van der Waals surface area contributed by atoms with Crippen LogP contribution in [0.4, 0.5) is 0 Å². The molecule has 0 aromatic heterocycles. The Kier molecular flexibility index (Phi) is 35.5. The van der Waals surface area contributed by atoms with E-state index in [9.17, 15) is 24.5 Å². The molecule has 10 heteroatoms. The molecule has 0 bridgehead atoms. The van der Waals surface area contributed by atoms with Gasteiger partial charge in [0.2, 0.25) is 5.91 Å². The second-order valence-electron chi connectivity index (χ2n) is 14.0. The minimum atomic E-state index is -4.40. The molecule has 6 N–H and O–H groups in total. The van der Waals surface area contributed by atoms with Gasteiger partial charge in [-0.05, 0) is 32.1 Å². The van der Waals surface area contributed by atoms with E-state index in [1.807, 2.05) is 6.08 Å². The standard InChI is InChI=1S/C40H79N2O7P/c1-3-5-7-9-11-13-14-15-16-17-18-19-20-21-22-24-25-27-29-31-37(43)35-40(45)42-38(36-49-50(46,47)48-34-33-41)39(44)32-30-28-26-23-12-10-8-6-4-2/h12,23,30,32,37-39,43-44H,3-11,13-22,24-29,31,33-36,41H2,1-2H3,(H,42,45)(H,46,47)/b23-12+,32-30+. The Morgan fingerprint density at radius 1 is 0.680 bits per heavy atom. The van der Waals surface area contributed by atoms with E-state index in [4.69, 9.17) is 14.8 Å². The van der Waals surface area contributed by atoms with Gasteiger partial charge in [-0.1, -0.05) is 173 Å². The van der Waals surface area contributed by atoms with Gasteiger partial charge in [-0.2, -0.15) is 0 Å². The topological polar surface area (TPSA) is 151 Å². The Morgan fingerprint density at radius 3 is 1.66 bits per heavy atom. The summed E-state index contributed by atoms with van der Waals surface area (Å²) in [5.41, 5.74) is 5.34. The van der Waals surface area contributed by atoms with E-state index >= 15 is 0 Å². The predicted octanol–water partition coefficient (Wildman–Crippen LogP) is 9.97. The summed E-state index contributed by atoms with van der Waals surface area (Å²) in [6.45, 7) is 3.89. The van der Waals surface area contributed by atoms with Gasteiger partial charge in [0.05, 0.1) is 37.9 Å². The van der Waals surface area contributed by atoms with E-state index < -0.39 is 38.6 Å². The Bertz CT molecular complexity index is 858. The lowest BCUT2D eigenvalue weighted by Gasteiger charge is -2.24. The van der Waals surface area contributed by atoms with Crippen molar-refractivity contribution in [2.24, 2.45) is 5.73 Å². The molecule has 9 nitrogen and oxygen atoms in total. The number of carbonyl (C=O) groups excluding carboxylic acids is 1. The fourth-order valence-electron chi connectivity index (χ4n) is 5.96. The first kappa shape index (κ1) is 48.9. The lowest BCUT2D eigenvalue weighted by atomic mass is 10.0. The second-order valence-corrected chi connectivity index (χ2v) is 15.5. The molecule has 4 unspecified atom stereocenters. The first-order chi connectivity index (χ1) is 24.3. The van der Waals surface area contributed by atoms with E-state index in [-0.39, 0.29) is 19.6 Å². The number of aliphatic hydroxyl groups is 2. The summed E-state index contributed by atoms with van der Waals surface area (Å²) in [7, 11) is -4.40. The van der Waals surface area contributed by atoms with Crippen LogP contribution in [-0.4, -0.2) is 59.0 Å². The molecule has 50 heavy (non-hydrogen) atoms. The van der Waals surface area contributed by atoms with Crippen molar-refractivity contribution in [2.45, 2.75) is 205 Å². The average Bonchev–Trinajstić information content (AvgIpc) is 3.09. The summed E-state index contributed by atoms with van der Waals surface area (Å²) in [6, 6.07) is -0.993. The number of allylic oxidation sites excluding steroid dienone is 3. The SMILES string of the molecule is CCCCC/C=C/CC/C=C/C(O)C(COP(=O)(O)OCCN)NC(=O)CC(O)CCCCCCCCCCCCCCCCCCCCC. The zero-order valence-electron chi connectivity index (χ0n) is 32.3. The number of aliphatic hydroxyl groups excluding tert-OH is 2. The van der Waals surface area contributed by atoms with Crippen molar-refractivity contribution in [2.75, 3.05) is 19.8 Å². The maximum absolute atomic E-state index is 12.7. The van der Waals surface area contributed by atoms with Gasteiger partial charge in [0.25, 0.3) is 0 Å². The number of amides is 1. The molecule has 0 aromatic rings. The number of nitrogens with one attached hydrogen (secondary N) is 1. The van der Waals surface area contributed by atoms with Crippen LogP contribution in [0.2, 0.25) is 0 Å². The molecular formula is C40H79N2O7P. The van der Waals surface area contributed by atoms with E-state index in [0.29, 0.717) is 12.8 Å². The third-order valence-corrected chi connectivity index (χ3v) is 10.1. The number of phosphoric acid groups is 1. The highest BCUT2D eigenvalue weighted by atomic mass is 31.2. The zero-order chi connectivity index (χ0) is 37.0. The van der Waals surface area contributed by atoms with Gasteiger partial charge in [0, 0.05) is 6.54 Å². The summed E-state index contributed by atoms with van der Waals surface area (Å²) in [5.74, 6) is -0.456. The predicted molar refractivity (Wildman–Crippen MR) is 209 cm³/mol. The summed E-state index contributed by atoms with van der Waals surface area (Å²) in [6.07, 6.45) is 37.1. The van der Waals surface area contributed by atoms with Gasteiger partial charge in [-0.15, -0.1) is 0 Å². The Labute approximate surface area is 307 Å². The van der Waals surface area contributed by atoms with Crippen LogP contribution in [0.5, 0.6) is 0 Å². The number of carbonyl (C=O) groups is 1. The highest BCUT2D eigenvalue weighted by Crippen LogP contribution is 2.43. The molecule has 0 saturated carbocycles. The molecular weight excluding hydrogens is 651 g/mol. The molecule has 1 amide bonds. The van der Waals surface area contributed by atoms with Crippen LogP contribution >= 0.6 is 7.82 Å². The highest BCUT2D eigenvalue weighted by molar-refractivity contribution is 7.47. The Morgan fingerprint density at radius 2 is 1.14 bits per heavy atom. The smallest absolute Gasteiger partial charge is 0.393 e. The fraction of sp³-hybridized carbons (Fsp3) is 0.875. The molecule has 0 aliphatic rings. The van der Waals surface area contributed by atoms with Crippen LogP contribution in [0.1, 0.15) is 187 Å². The van der Waals surface area contributed by atoms with Crippen LogP contribution in [0.3, 0.4) is 0 Å². The van der Waals surface area contributed by atoms with Crippen LogP contribution in [0.25, 0.3) is 0 Å². The Hall–Kier alpha value is -1.06. The summed E-state index contributed by atoms with van der Waals surface area (Å²) in [5, 5.41) is 23.9. The first-order valence-corrected chi connectivity index (χ1v) is 22.0. The largest absolute Gasteiger partial charge is 0.472 e. The molecule has 0 fully saturated rings. The minimum absolute atomic E-state index is 0.0455. The number of hydrogen-bond donors (Lipinski definition) is 5. The number of unbranched alkanes of at least 4 members (excludes halogenated alkanes) is 22. The summed E-state index contributed by atoms with van der Waals surface area (Å²) < 4.78 is 21.9. The van der Waals surface area contributed by atoms with Crippen molar-refractivity contribution < 1.29 is 33.5 Å². The van der Waals surface area contributed by atoms with E-state index in [0.717, 1.165) is 32.1 Å². The first-order valence-electron chi connectivity index (χ1n) is 20.5. The molecule has 0 aliphatic carbocycles.